The van der Waals surface area contributed by atoms with E-state index in [4.69, 9.17) is 4.74 Å². The summed E-state index contributed by atoms with van der Waals surface area (Å²) >= 11 is 0. The van der Waals surface area contributed by atoms with Crippen molar-refractivity contribution in [3.8, 4) is 5.75 Å². The van der Waals surface area contributed by atoms with E-state index < -0.39 is 5.97 Å². The Morgan fingerprint density at radius 1 is 1.04 bits per heavy atom. The highest BCUT2D eigenvalue weighted by molar-refractivity contribution is 5.91. The van der Waals surface area contributed by atoms with Crippen molar-refractivity contribution in [2.45, 2.75) is 18.3 Å². The Hall–Kier alpha value is -3.08. The molecule has 1 saturated heterocycles. The van der Waals surface area contributed by atoms with Gasteiger partial charge in [-0.2, -0.15) is 0 Å². The van der Waals surface area contributed by atoms with Crippen molar-refractivity contribution in [1.29, 1.82) is 0 Å². The van der Waals surface area contributed by atoms with Gasteiger partial charge in [-0.05, 0) is 36.1 Å². The number of carbonyl (C=O) groups is 2. The number of benzene rings is 2. The van der Waals surface area contributed by atoms with Gasteiger partial charge in [-0.25, -0.2) is 4.79 Å². The Bertz CT molecular complexity index is 910. The Morgan fingerprint density at radius 3 is 2.52 bits per heavy atom. The maximum atomic E-state index is 12.5. The molecule has 0 unspecified atom stereocenters. The molecule has 1 heterocycles. The number of hydrogen-bond donors (Lipinski definition) is 1. The summed E-state index contributed by atoms with van der Waals surface area (Å²) in [5, 5.41) is 9.20. The van der Waals surface area contributed by atoms with Gasteiger partial charge in [0.25, 0.3) is 5.91 Å². The number of carboxylic acid groups (broad SMARTS) is 1. The van der Waals surface area contributed by atoms with Crippen LogP contribution in [0.1, 0.15) is 34.3 Å². The molecule has 0 bridgehead atoms. The van der Waals surface area contributed by atoms with Crippen LogP contribution in [0.4, 0.5) is 0 Å². The van der Waals surface area contributed by atoms with Crippen molar-refractivity contribution in [1.82, 2.24) is 4.90 Å². The lowest BCUT2D eigenvalue weighted by Gasteiger charge is -2.39. The summed E-state index contributed by atoms with van der Waals surface area (Å²) < 4.78 is 5.50. The lowest BCUT2D eigenvalue weighted by Crippen LogP contribution is -2.45. The van der Waals surface area contributed by atoms with Gasteiger partial charge in [0.2, 0.25) is 0 Å². The number of fused-ring (bicyclic) bond motifs is 2. The molecule has 2 aliphatic rings. The van der Waals surface area contributed by atoms with Crippen LogP contribution in [0.3, 0.4) is 0 Å². The maximum Gasteiger partial charge on any atom is 0.339 e. The van der Waals surface area contributed by atoms with Crippen molar-refractivity contribution in [2.75, 3.05) is 19.7 Å². The van der Waals surface area contributed by atoms with Gasteiger partial charge in [0.05, 0.1) is 0 Å². The third-order valence-corrected chi connectivity index (χ3v) is 5.56. The number of nitrogens with zero attached hydrogens (tertiary/aromatic N) is 1. The topological polar surface area (TPSA) is 66.8 Å². The van der Waals surface area contributed by atoms with Gasteiger partial charge in [-0.15, -0.1) is 0 Å². The predicted octanol–water partition coefficient (Wildman–Crippen LogP) is 3.35. The Kier molecular flexibility index (Phi) is 4.44. The van der Waals surface area contributed by atoms with Crippen molar-refractivity contribution >= 4 is 18.0 Å². The van der Waals surface area contributed by atoms with Crippen LogP contribution in [0, 0.1) is 0 Å². The first-order valence-electron chi connectivity index (χ1n) is 9.11. The molecule has 0 atom stereocenters. The molecule has 0 aromatic heterocycles. The van der Waals surface area contributed by atoms with Gasteiger partial charge < -0.3 is 14.7 Å². The lowest BCUT2D eigenvalue weighted by molar-refractivity contribution is -0.134. The Morgan fingerprint density at radius 2 is 1.74 bits per heavy atom. The molecule has 1 N–H and O–H groups in total. The predicted molar refractivity (Wildman–Crippen MR) is 102 cm³/mol. The second-order valence-electron chi connectivity index (χ2n) is 7.05. The number of amides is 1. The van der Waals surface area contributed by atoms with E-state index in [2.05, 4.69) is 30.4 Å². The average Bonchev–Trinajstić information content (AvgIpc) is 3.05. The first kappa shape index (κ1) is 17.3. The van der Waals surface area contributed by atoms with Crippen molar-refractivity contribution < 1.29 is 19.4 Å². The zero-order valence-corrected chi connectivity index (χ0v) is 14.9. The molecule has 0 saturated carbocycles. The molecule has 1 aliphatic heterocycles. The zero-order chi connectivity index (χ0) is 18.9. The summed E-state index contributed by atoms with van der Waals surface area (Å²) in [5.41, 5.74) is 2.72. The molecule has 1 spiro atoms. The number of aromatic carboxylic acids is 1. The summed E-state index contributed by atoms with van der Waals surface area (Å²) in [4.78, 5) is 25.6. The number of carbonyl (C=O) groups excluding carboxylic acids is 1. The number of para-hydroxylation sites is 1. The van der Waals surface area contributed by atoms with Crippen LogP contribution in [0.2, 0.25) is 0 Å². The third-order valence-electron chi connectivity index (χ3n) is 5.56. The number of likely N-dealkylation sites (tertiary alicyclic amines) is 1. The molecular formula is C22H21NO4. The number of allylic oxidation sites excluding steroid dienone is 1. The summed E-state index contributed by atoms with van der Waals surface area (Å²) in [6.45, 7) is 1.19. The average molecular weight is 363 g/mol. The highest BCUT2D eigenvalue weighted by Crippen LogP contribution is 2.43. The molecule has 5 heteroatoms. The van der Waals surface area contributed by atoms with Crippen LogP contribution in [0.25, 0.3) is 6.08 Å². The van der Waals surface area contributed by atoms with Crippen LogP contribution in [-0.4, -0.2) is 41.6 Å². The molecule has 138 valence electrons. The quantitative estimate of drug-likeness (QED) is 0.905. The highest BCUT2D eigenvalue weighted by atomic mass is 16.5. The zero-order valence-electron chi connectivity index (χ0n) is 14.9. The maximum absolute atomic E-state index is 12.5. The lowest BCUT2D eigenvalue weighted by atomic mass is 9.74. The summed E-state index contributed by atoms with van der Waals surface area (Å²) in [5.74, 6) is -0.954. The monoisotopic (exact) mass is 363 g/mol. The highest BCUT2D eigenvalue weighted by Gasteiger charge is 2.38. The van der Waals surface area contributed by atoms with E-state index in [1.54, 1.807) is 18.2 Å². The first-order chi connectivity index (χ1) is 13.1. The van der Waals surface area contributed by atoms with Crippen molar-refractivity contribution in [3.05, 3.63) is 71.3 Å². The minimum Gasteiger partial charge on any atom is -0.483 e. The van der Waals surface area contributed by atoms with Gasteiger partial charge in [-0.1, -0.05) is 48.6 Å². The van der Waals surface area contributed by atoms with Crippen LogP contribution in [-0.2, 0) is 10.2 Å². The molecule has 2 aromatic carbocycles. The molecule has 2 aromatic rings. The van der Waals surface area contributed by atoms with E-state index in [1.165, 1.54) is 17.2 Å². The first-order valence-corrected chi connectivity index (χ1v) is 9.11. The molecule has 27 heavy (non-hydrogen) atoms. The molecule has 1 aliphatic carbocycles. The van der Waals surface area contributed by atoms with Crippen LogP contribution in [0.5, 0.6) is 5.75 Å². The molecule has 0 radical (unpaired) electrons. The molecular weight excluding hydrogens is 342 g/mol. The number of hydrogen-bond acceptors (Lipinski definition) is 3. The van der Waals surface area contributed by atoms with Gasteiger partial charge in [-0.3, -0.25) is 4.79 Å². The molecule has 5 nitrogen and oxygen atoms in total. The number of ether oxygens (including phenoxy) is 1. The van der Waals surface area contributed by atoms with E-state index in [0.717, 1.165) is 12.8 Å². The van der Waals surface area contributed by atoms with E-state index in [1.807, 2.05) is 11.0 Å². The van der Waals surface area contributed by atoms with Gasteiger partial charge >= 0.3 is 5.97 Å². The minimum absolute atomic E-state index is 0.0319. The van der Waals surface area contributed by atoms with E-state index in [9.17, 15) is 14.7 Å². The number of rotatable bonds is 4. The van der Waals surface area contributed by atoms with E-state index in [-0.39, 0.29) is 29.2 Å². The van der Waals surface area contributed by atoms with E-state index >= 15 is 0 Å². The minimum atomic E-state index is -1.07. The fourth-order valence-corrected chi connectivity index (χ4v) is 4.03. The molecule has 1 amide bonds. The largest absolute Gasteiger partial charge is 0.483 e. The summed E-state index contributed by atoms with van der Waals surface area (Å²) in [7, 11) is 0. The summed E-state index contributed by atoms with van der Waals surface area (Å²) in [6.07, 6.45) is 6.23. The number of carboxylic acids is 1. The number of piperidine rings is 1. The standard InChI is InChI=1S/C22H21NO4/c24-20(15-27-19-8-4-2-6-17(19)21(25)26)23-13-11-22(12-14-23)10-9-16-5-1-3-7-18(16)22/h1-10H,11-15H2,(H,25,26). The smallest absolute Gasteiger partial charge is 0.339 e. The van der Waals surface area contributed by atoms with Crippen LogP contribution in [0.15, 0.2) is 54.6 Å². The summed E-state index contributed by atoms with van der Waals surface area (Å²) in [6, 6.07) is 14.8. The second-order valence-corrected chi connectivity index (χ2v) is 7.05. The second kappa shape index (κ2) is 6.91. The normalized spacial score (nSPS) is 17.0. The molecule has 1 fully saturated rings. The van der Waals surface area contributed by atoms with Crippen LogP contribution < -0.4 is 4.74 Å². The van der Waals surface area contributed by atoms with Gasteiger partial charge in [0, 0.05) is 18.5 Å². The van der Waals surface area contributed by atoms with Gasteiger partial charge in [0.15, 0.2) is 6.61 Å². The third kappa shape index (κ3) is 3.21. The Balaban J connectivity index is 1.38. The SMILES string of the molecule is O=C(O)c1ccccc1OCC(=O)N1CCC2(C=Cc3ccccc32)CC1. The fourth-order valence-electron chi connectivity index (χ4n) is 4.03. The fraction of sp³-hybridized carbons (Fsp3) is 0.273. The van der Waals surface area contributed by atoms with Crippen molar-refractivity contribution in [2.24, 2.45) is 0 Å². The molecule has 4 rings (SSSR count). The van der Waals surface area contributed by atoms with E-state index in [0.29, 0.717) is 13.1 Å². The van der Waals surface area contributed by atoms with Crippen molar-refractivity contribution in [3.63, 3.8) is 0 Å². The van der Waals surface area contributed by atoms with Crippen LogP contribution >= 0.6 is 0 Å². The van der Waals surface area contributed by atoms with Gasteiger partial charge in [0.1, 0.15) is 11.3 Å². The Labute approximate surface area is 157 Å².